The summed E-state index contributed by atoms with van der Waals surface area (Å²) >= 11 is 0. The lowest BCUT2D eigenvalue weighted by molar-refractivity contribution is -0.159. The highest BCUT2D eigenvalue weighted by Gasteiger charge is 2.19. The standard InChI is InChI=1S/C6H15NO3/c1-4(8)7(5(2)9)6(3)10/h4-6,8-10H,1-3H3/t4-,5-,6-/m0/s1. The number of rotatable bonds is 3. The molecule has 0 saturated carbocycles. The smallest absolute Gasteiger partial charge is 0.108 e. The summed E-state index contributed by atoms with van der Waals surface area (Å²) in [6, 6.07) is 0. The topological polar surface area (TPSA) is 63.9 Å². The summed E-state index contributed by atoms with van der Waals surface area (Å²) in [4.78, 5) is 1.17. The molecule has 4 heteroatoms. The first-order valence-electron chi connectivity index (χ1n) is 3.28. The molecule has 0 rings (SSSR count). The van der Waals surface area contributed by atoms with Gasteiger partial charge in [0.15, 0.2) is 0 Å². The summed E-state index contributed by atoms with van der Waals surface area (Å²) in [6.45, 7) is 4.46. The predicted octanol–water partition coefficient (Wildman–Crippen LogP) is -0.697. The SMILES string of the molecule is C[C@H](O)N([C@H](C)O)[C@H](C)O. The maximum absolute atomic E-state index is 8.96. The Balaban J connectivity index is 3.98. The van der Waals surface area contributed by atoms with Crippen molar-refractivity contribution in [3.63, 3.8) is 0 Å². The summed E-state index contributed by atoms with van der Waals surface area (Å²) < 4.78 is 0. The highest BCUT2D eigenvalue weighted by atomic mass is 16.4. The summed E-state index contributed by atoms with van der Waals surface area (Å²) in [7, 11) is 0. The number of hydrogen-bond acceptors (Lipinski definition) is 4. The van der Waals surface area contributed by atoms with Crippen LogP contribution in [0.1, 0.15) is 20.8 Å². The van der Waals surface area contributed by atoms with Gasteiger partial charge >= 0.3 is 0 Å². The molecule has 3 atom stereocenters. The molecule has 0 spiro atoms. The highest BCUT2D eigenvalue weighted by molar-refractivity contribution is 4.58. The van der Waals surface area contributed by atoms with E-state index in [0.29, 0.717) is 0 Å². The minimum absolute atomic E-state index is 0.833. The van der Waals surface area contributed by atoms with E-state index in [2.05, 4.69) is 0 Å². The molecular weight excluding hydrogens is 134 g/mol. The second-order valence-corrected chi connectivity index (χ2v) is 2.34. The summed E-state index contributed by atoms with van der Waals surface area (Å²) in [5.74, 6) is 0. The molecule has 4 nitrogen and oxygen atoms in total. The zero-order valence-electron chi connectivity index (χ0n) is 6.52. The lowest BCUT2D eigenvalue weighted by Gasteiger charge is -2.30. The number of aliphatic hydroxyl groups excluding tert-OH is 3. The molecule has 0 bridgehead atoms. The van der Waals surface area contributed by atoms with Crippen molar-refractivity contribution >= 4 is 0 Å². The van der Waals surface area contributed by atoms with Crippen molar-refractivity contribution in [2.24, 2.45) is 0 Å². The Bertz CT molecular complexity index is 74.0. The minimum Gasteiger partial charge on any atom is -0.379 e. The summed E-state index contributed by atoms with van der Waals surface area (Å²) in [5.41, 5.74) is 0. The molecule has 0 aliphatic rings. The third kappa shape index (κ3) is 2.62. The van der Waals surface area contributed by atoms with Crippen molar-refractivity contribution < 1.29 is 15.3 Å². The second kappa shape index (κ2) is 3.88. The highest BCUT2D eigenvalue weighted by Crippen LogP contribution is 2.04. The molecule has 0 radical (unpaired) electrons. The van der Waals surface area contributed by atoms with Crippen LogP contribution in [0.3, 0.4) is 0 Å². The van der Waals surface area contributed by atoms with E-state index >= 15 is 0 Å². The fourth-order valence-corrected chi connectivity index (χ4v) is 0.937. The van der Waals surface area contributed by atoms with Crippen molar-refractivity contribution in [2.75, 3.05) is 0 Å². The quantitative estimate of drug-likeness (QED) is 0.464. The molecular formula is C6H15NO3. The number of hydrogen-bond donors (Lipinski definition) is 3. The molecule has 0 aromatic rings. The Hall–Kier alpha value is -0.160. The van der Waals surface area contributed by atoms with E-state index in [4.69, 9.17) is 15.3 Å². The second-order valence-electron chi connectivity index (χ2n) is 2.34. The van der Waals surface area contributed by atoms with Gasteiger partial charge in [-0.3, -0.25) is 0 Å². The van der Waals surface area contributed by atoms with Gasteiger partial charge in [0.25, 0.3) is 0 Å². The molecule has 3 N–H and O–H groups in total. The van der Waals surface area contributed by atoms with Crippen LogP contribution in [0.15, 0.2) is 0 Å². The van der Waals surface area contributed by atoms with E-state index in [9.17, 15) is 0 Å². The first-order chi connectivity index (χ1) is 4.46. The summed E-state index contributed by atoms with van der Waals surface area (Å²) in [5, 5.41) is 26.9. The average Bonchev–Trinajstić information content (AvgIpc) is 1.59. The molecule has 10 heavy (non-hydrogen) atoms. The Morgan fingerprint density at radius 1 is 0.800 bits per heavy atom. The molecule has 0 fully saturated rings. The van der Waals surface area contributed by atoms with Crippen LogP contribution in [0.5, 0.6) is 0 Å². The van der Waals surface area contributed by atoms with E-state index < -0.39 is 18.7 Å². The van der Waals surface area contributed by atoms with Crippen LogP contribution >= 0.6 is 0 Å². The van der Waals surface area contributed by atoms with Crippen LogP contribution in [0.2, 0.25) is 0 Å². The number of nitrogens with zero attached hydrogens (tertiary/aromatic N) is 1. The average molecular weight is 149 g/mol. The molecule has 0 saturated heterocycles. The van der Waals surface area contributed by atoms with E-state index in [0.717, 1.165) is 0 Å². The van der Waals surface area contributed by atoms with Gasteiger partial charge in [-0.15, -0.1) is 0 Å². The van der Waals surface area contributed by atoms with Gasteiger partial charge in [0, 0.05) is 0 Å². The van der Waals surface area contributed by atoms with Gasteiger partial charge in [0.05, 0.1) is 0 Å². The minimum atomic E-state index is -0.833. The Labute approximate surface area is 60.7 Å². The van der Waals surface area contributed by atoms with Crippen molar-refractivity contribution in [2.45, 2.75) is 39.5 Å². The van der Waals surface area contributed by atoms with Gasteiger partial charge < -0.3 is 15.3 Å². The molecule has 62 valence electrons. The largest absolute Gasteiger partial charge is 0.379 e. The van der Waals surface area contributed by atoms with E-state index in [1.165, 1.54) is 25.7 Å². The first-order valence-corrected chi connectivity index (χ1v) is 3.28. The monoisotopic (exact) mass is 149 g/mol. The molecule has 0 aliphatic carbocycles. The zero-order valence-corrected chi connectivity index (χ0v) is 6.52. The normalized spacial score (nSPS) is 20.7. The molecule has 0 aromatic heterocycles. The molecule has 0 aromatic carbocycles. The van der Waals surface area contributed by atoms with Crippen LogP contribution in [0, 0.1) is 0 Å². The zero-order chi connectivity index (χ0) is 8.31. The van der Waals surface area contributed by atoms with Crippen LogP contribution in [0.4, 0.5) is 0 Å². The van der Waals surface area contributed by atoms with Crippen LogP contribution < -0.4 is 0 Å². The van der Waals surface area contributed by atoms with Crippen molar-refractivity contribution in [3.8, 4) is 0 Å². The maximum atomic E-state index is 8.96. The van der Waals surface area contributed by atoms with Crippen molar-refractivity contribution in [1.29, 1.82) is 0 Å². The van der Waals surface area contributed by atoms with Gasteiger partial charge in [-0.2, -0.15) is 0 Å². The van der Waals surface area contributed by atoms with Gasteiger partial charge in [-0.05, 0) is 20.8 Å². The lowest BCUT2D eigenvalue weighted by Crippen LogP contribution is -2.45. The van der Waals surface area contributed by atoms with Gasteiger partial charge in [0.2, 0.25) is 0 Å². The van der Waals surface area contributed by atoms with Crippen LogP contribution in [-0.4, -0.2) is 38.9 Å². The lowest BCUT2D eigenvalue weighted by atomic mass is 10.4. The fraction of sp³-hybridized carbons (Fsp3) is 1.00. The molecule has 0 amide bonds. The van der Waals surface area contributed by atoms with Gasteiger partial charge in [-0.25, -0.2) is 4.90 Å². The Morgan fingerprint density at radius 2 is 1.00 bits per heavy atom. The fourth-order valence-electron chi connectivity index (χ4n) is 0.937. The third-order valence-corrected chi connectivity index (χ3v) is 1.29. The van der Waals surface area contributed by atoms with Crippen molar-refractivity contribution in [3.05, 3.63) is 0 Å². The summed E-state index contributed by atoms with van der Waals surface area (Å²) in [6.07, 6.45) is -2.50. The Morgan fingerprint density at radius 3 is 1.00 bits per heavy atom. The van der Waals surface area contributed by atoms with Gasteiger partial charge in [0.1, 0.15) is 18.7 Å². The number of aliphatic hydroxyl groups is 3. The molecule has 0 aliphatic heterocycles. The van der Waals surface area contributed by atoms with Crippen molar-refractivity contribution in [1.82, 2.24) is 4.90 Å². The molecule has 0 heterocycles. The predicted molar refractivity (Wildman–Crippen MR) is 36.9 cm³/mol. The third-order valence-electron chi connectivity index (χ3n) is 1.29. The maximum Gasteiger partial charge on any atom is 0.108 e. The van der Waals surface area contributed by atoms with E-state index in [1.54, 1.807) is 0 Å². The Kier molecular flexibility index (Phi) is 3.81. The first kappa shape index (κ1) is 9.84. The van der Waals surface area contributed by atoms with E-state index in [1.807, 2.05) is 0 Å². The van der Waals surface area contributed by atoms with E-state index in [-0.39, 0.29) is 0 Å². The van der Waals surface area contributed by atoms with Gasteiger partial charge in [-0.1, -0.05) is 0 Å². The van der Waals surface area contributed by atoms with Crippen LogP contribution in [0.25, 0.3) is 0 Å². The van der Waals surface area contributed by atoms with Crippen LogP contribution in [-0.2, 0) is 0 Å². The molecule has 0 unspecified atom stereocenters.